The summed E-state index contributed by atoms with van der Waals surface area (Å²) < 4.78 is 0. The molecule has 84 valence electrons. The van der Waals surface area contributed by atoms with E-state index in [1.54, 1.807) is 6.20 Å². The van der Waals surface area contributed by atoms with Gasteiger partial charge in [0.15, 0.2) is 0 Å². The zero-order chi connectivity index (χ0) is 11.1. The maximum absolute atomic E-state index is 8.84. The molecular formula is C11H19N3O. The van der Waals surface area contributed by atoms with Gasteiger partial charge in [0.1, 0.15) is 5.82 Å². The molecule has 1 rings (SSSR count). The van der Waals surface area contributed by atoms with Crippen LogP contribution in [0.2, 0.25) is 0 Å². The van der Waals surface area contributed by atoms with Crippen LogP contribution in [0.25, 0.3) is 0 Å². The van der Waals surface area contributed by atoms with E-state index in [1.807, 2.05) is 19.1 Å². The number of hydrogen-bond acceptors (Lipinski definition) is 4. The Morgan fingerprint density at radius 2 is 2.33 bits per heavy atom. The van der Waals surface area contributed by atoms with Crippen molar-refractivity contribution in [3.05, 3.63) is 18.3 Å². The van der Waals surface area contributed by atoms with E-state index in [0.29, 0.717) is 11.6 Å². The van der Waals surface area contributed by atoms with Crippen molar-refractivity contribution in [2.75, 3.05) is 24.2 Å². The standard InChI is InChI=1S/C11H19N3O/c1-9(8-15)3-2-6-13-11-5-4-10(12)7-14-11/h4-5,7,9,15H,2-3,6,8,12H2,1H3,(H,13,14). The molecule has 1 atom stereocenters. The van der Waals surface area contributed by atoms with Crippen LogP contribution in [0, 0.1) is 5.92 Å². The molecule has 0 aliphatic rings. The molecule has 4 heteroatoms. The lowest BCUT2D eigenvalue weighted by Gasteiger charge is -2.08. The van der Waals surface area contributed by atoms with Crippen LogP contribution in [0.3, 0.4) is 0 Å². The fraction of sp³-hybridized carbons (Fsp3) is 0.545. The zero-order valence-electron chi connectivity index (χ0n) is 9.11. The lowest BCUT2D eigenvalue weighted by molar-refractivity contribution is 0.229. The third-order valence-electron chi connectivity index (χ3n) is 2.28. The maximum Gasteiger partial charge on any atom is 0.126 e. The molecule has 0 fully saturated rings. The molecule has 4 N–H and O–H groups in total. The van der Waals surface area contributed by atoms with Crippen molar-refractivity contribution < 1.29 is 5.11 Å². The van der Waals surface area contributed by atoms with Crippen LogP contribution in [0.1, 0.15) is 19.8 Å². The summed E-state index contributed by atoms with van der Waals surface area (Å²) in [6.07, 6.45) is 3.70. The fourth-order valence-corrected chi connectivity index (χ4v) is 1.27. The van der Waals surface area contributed by atoms with Crippen LogP contribution in [-0.2, 0) is 0 Å². The van der Waals surface area contributed by atoms with Crippen LogP contribution < -0.4 is 11.1 Å². The summed E-state index contributed by atoms with van der Waals surface area (Å²) in [5.41, 5.74) is 6.20. The summed E-state index contributed by atoms with van der Waals surface area (Å²) in [5, 5.41) is 12.0. The van der Waals surface area contributed by atoms with Crippen molar-refractivity contribution in [1.29, 1.82) is 0 Å². The minimum Gasteiger partial charge on any atom is -0.397 e. The van der Waals surface area contributed by atoms with Crippen LogP contribution in [0.15, 0.2) is 18.3 Å². The first-order chi connectivity index (χ1) is 7.22. The minimum atomic E-state index is 0.264. The molecule has 1 aromatic heterocycles. The van der Waals surface area contributed by atoms with Crippen LogP contribution in [0.4, 0.5) is 11.5 Å². The zero-order valence-corrected chi connectivity index (χ0v) is 9.11. The second kappa shape index (κ2) is 6.24. The second-order valence-electron chi connectivity index (χ2n) is 3.83. The van der Waals surface area contributed by atoms with Gasteiger partial charge in [-0.3, -0.25) is 0 Å². The van der Waals surface area contributed by atoms with Crippen molar-refractivity contribution in [2.24, 2.45) is 5.92 Å². The highest BCUT2D eigenvalue weighted by Crippen LogP contribution is 2.07. The normalized spacial score (nSPS) is 12.4. The smallest absolute Gasteiger partial charge is 0.126 e. The number of nitrogens with two attached hydrogens (primary N) is 1. The summed E-state index contributed by atoms with van der Waals surface area (Å²) in [5.74, 6) is 1.23. The van der Waals surface area contributed by atoms with Gasteiger partial charge in [0, 0.05) is 13.2 Å². The highest BCUT2D eigenvalue weighted by molar-refractivity contribution is 5.43. The van der Waals surface area contributed by atoms with Crippen molar-refractivity contribution in [3.8, 4) is 0 Å². The van der Waals surface area contributed by atoms with Crippen LogP contribution in [-0.4, -0.2) is 23.2 Å². The van der Waals surface area contributed by atoms with E-state index in [2.05, 4.69) is 10.3 Å². The molecule has 0 aliphatic heterocycles. The number of nitrogens with one attached hydrogen (secondary N) is 1. The second-order valence-corrected chi connectivity index (χ2v) is 3.83. The quantitative estimate of drug-likeness (QED) is 0.621. The number of hydrogen-bond donors (Lipinski definition) is 3. The summed E-state index contributed by atoms with van der Waals surface area (Å²) in [6.45, 7) is 3.18. The molecule has 4 nitrogen and oxygen atoms in total. The summed E-state index contributed by atoms with van der Waals surface area (Å²) in [6, 6.07) is 3.69. The van der Waals surface area contributed by atoms with E-state index in [0.717, 1.165) is 25.2 Å². The Bertz CT molecular complexity index is 274. The highest BCUT2D eigenvalue weighted by atomic mass is 16.3. The summed E-state index contributed by atoms with van der Waals surface area (Å²) >= 11 is 0. The lowest BCUT2D eigenvalue weighted by atomic mass is 10.1. The highest BCUT2D eigenvalue weighted by Gasteiger charge is 1.99. The number of anilines is 2. The molecule has 0 saturated carbocycles. The van der Waals surface area contributed by atoms with Crippen molar-refractivity contribution >= 4 is 11.5 Å². The monoisotopic (exact) mass is 209 g/mol. The van der Waals surface area contributed by atoms with Crippen molar-refractivity contribution in [3.63, 3.8) is 0 Å². The molecule has 1 heterocycles. The Balaban J connectivity index is 2.17. The molecule has 0 bridgehead atoms. The van der Waals surface area contributed by atoms with E-state index in [-0.39, 0.29) is 6.61 Å². The molecule has 1 unspecified atom stereocenters. The number of nitrogen functional groups attached to an aromatic ring is 1. The third-order valence-corrected chi connectivity index (χ3v) is 2.28. The van der Waals surface area contributed by atoms with E-state index in [1.165, 1.54) is 0 Å². The van der Waals surface area contributed by atoms with Crippen molar-refractivity contribution in [2.45, 2.75) is 19.8 Å². The summed E-state index contributed by atoms with van der Waals surface area (Å²) in [7, 11) is 0. The Morgan fingerprint density at radius 1 is 1.53 bits per heavy atom. The Hall–Kier alpha value is -1.29. The molecular weight excluding hydrogens is 190 g/mol. The van der Waals surface area contributed by atoms with E-state index >= 15 is 0 Å². The lowest BCUT2D eigenvalue weighted by Crippen LogP contribution is -2.07. The van der Waals surface area contributed by atoms with E-state index in [4.69, 9.17) is 10.8 Å². The van der Waals surface area contributed by atoms with Gasteiger partial charge in [-0.05, 0) is 30.9 Å². The van der Waals surface area contributed by atoms with Crippen molar-refractivity contribution in [1.82, 2.24) is 4.98 Å². The summed E-state index contributed by atoms with van der Waals surface area (Å²) in [4.78, 5) is 4.13. The van der Waals surface area contributed by atoms with Gasteiger partial charge in [-0.25, -0.2) is 4.98 Å². The van der Waals surface area contributed by atoms with Crippen LogP contribution in [0.5, 0.6) is 0 Å². The van der Waals surface area contributed by atoms with Gasteiger partial charge >= 0.3 is 0 Å². The van der Waals surface area contributed by atoms with E-state index < -0.39 is 0 Å². The molecule has 0 radical (unpaired) electrons. The first-order valence-corrected chi connectivity index (χ1v) is 5.28. The molecule has 0 spiro atoms. The van der Waals surface area contributed by atoms with Gasteiger partial charge < -0.3 is 16.2 Å². The molecule has 0 amide bonds. The predicted molar refractivity (Wildman–Crippen MR) is 62.6 cm³/mol. The largest absolute Gasteiger partial charge is 0.397 e. The van der Waals surface area contributed by atoms with Gasteiger partial charge in [-0.2, -0.15) is 0 Å². The number of pyridine rings is 1. The maximum atomic E-state index is 8.84. The third kappa shape index (κ3) is 4.65. The van der Waals surface area contributed by atoms with Gasteiger partial charge in [0.05, 0.1) is 11.9 Å². The van der Waals surface area contributed by atoms with Gasteiger partial charge in [-0.1, -0.05) is 6.92 Å². The molecule has 0 aliphatic carbocycles. The number of aliphatic hydroxyl groups is 1. The molecule has 1 aromatic rings. The fourth-order valence-electron chi connectivity index (χ4n) is 1.27. The Morgan fingerprint density at radius 3 is 2.93 bits per heavy atom. The van der Waals surface area contributed by atoms with Gasteiger partial charge in [0.25, 0.3) is 0 Å². The SMILES string of the molecule is CC(CO)CCCNc1ccc(N)cn1. The van der Waals surface area contributed by atoms with Gasteiger partial charge in [-0.15, -0.1) is 0 Å². The molecule has 0 saturated heterocycles. The number of nitrogens with zero attached hydrogens (tertiary/aromatic N) is 1. The Kier molecular flexibility index (Phi) is 4.90. The average Bonchev–Trinajstić information content (AvgIpc) is 2.26. The Labute approximate surface area is 90.5 Å². The molecule has 15 heavy (non-hydrogen) atoms. The first-order valence-electron chi connectivity index (χ1n) is 5.28. The number of aliphatic hydroxyl groups excluding tert-OH is 1. The first kappa shape index (κ1) is 11.8. The number of rotatable bonds is 6. The predicted octanol–water partition coefficient (Wildman–Crippen LogP) is 1.48. The van der Waals surface area contributed by atoms with Gasteiger partial charge in [0.2, 0.25) is 0 Å². The molecule has 0 aromatic carbocycles. The average molecular weight is 209 g/mol. The van der Waals surface area contributed by atoms with Crippen LogP contribution >= 0.6 is 0 Å². The van der Waals surface area contributed by atoms with E-state index in [9.17, 15) is 0 Å². The topological polar surface area (TPSA) is 71.2 Å². The minimum absolute atomic E-state index is 0.264. The number of aromatic nitrogens is 1.